The molecular weight excluding hydrogens is 298 g/mol. The van der Waals surface area contributed by atoms with Crippen molar-refractivity contribution in [1.29, 1.82) is 0 Å². The first-order valence-corrected chi connectivity index (χ1v) is 8.70. The second-order valence-electron chi connectivity index (χ2n) is 6.78. The molecule has 124 valence electrons. The van der Waals surface area contributed by atoms with E-state index in [-0.39, 0.29) is 0 Å². The maximum Gasteiger partial charge on any atom is 0.152 e. The van der Waals surface area contributed by atoms with Crippen LogP contribution >= 0.6 is 0 Å². The van der Waals surface area contributed by atoms with Crippen LogP contribution in [0.1, 0.15) is 43.6 Å². The maximum absolute atomic E-state index is 4.73. The minimum Gasteiger partial charge on any atom is -0.360 e. The normalized spacial score (nSPS) is 14.4. The van der Waals surface area contributed by atoms with Gasteiger partial charge >= 0.3 is 0 Å². The topological polar surface area (TPSA) is 46.8 Å². The van der Waals surface area contributed by atoms with Gasteiger partial charge in [-0.3, -0.25) is 4.98 Å². The summed E-state index contributed by atoms with van der Waals surface area (Å²) in [6, 6.07) is 6.77. The summed E-state index contributed by atoms with van der Waals surface area (Å²) in [6.07, 6.45) is 4.79. The average Bonchev–Trinajstić information content (AvgIpc) is 3.07. The van der Waals surface area contributed by atoms with Crippen LogP contribution in [-0.4, -0.2) is 26.3 Å². The van der Waals surface area contributed by atoms with Crippen molar-refractivity contribution in [3.63, 3.8) is 0 Å². The third-order valence-electron chi connectivity index (χ3n) is 4.93. The van der Waals surface area contributed by atoms with Crippen molar-refractivity contribution in [3.8, 4) is 0 Å². The highest BCUT2D eigenvalue weighted by atomic mass is 15.3. The minimum atomic E-state index is 0.486. The van der Waals surface area contributed by atoms with E-state index in [2.05, 4.69) is 58.6 Å². The Morgan fingerprint density at radius 1 is 1.21 bits per heavy atom. The number of hydrogen-bond acceptors (Lipinski definition) is 4. The molecule has 24 heavy (non-hydrogen) atoms. The van der Waals surface area contributed by atoms with Crippen LogP contribution in [0.15, 0.2) is 30.7 Å². The highest BCUT2D eigenvalue weighted by Crippen LogP contribution is 2.33. The lowest BCUT2D eigenvalue weighted by molar-refractivity contribution is 0.561. The van der Waals surface area contributed by atoms with Gasteiger partial charge in [0.2, 0.25) is 0 Å². The Balaban J connectivity index is 1.87. The summed E-state index contributed by atoms with van der Waals surface area (Å²) in [4.78, 5) is 7.13. The zero-order chi connectivity index (χ0) is 16.7. The van der Waals surface area contributed by atoms with Gasteiger partial charge in [0, 0.05) is 24.7 Å². The Kier molecular flexibility index (Phi) is 3.71. The van der Waals surface area contributed by atoms with Gasteiger partial charge in [0.05, 0.1) is 17.7 Å². The molecule has 2 aromatic heterocycles. The van der Waals surface area contributed by atoms with Crippen LogP contribution in [0.4, 0.5) is 5.69 Å². The monoisotopic (exact) mass is 321 g/mol. The second-order valence-corrected chi connectivity index (χ2v) is 6.78. The van der Waals surface area contributed by atoms with Crippen molar-refractivity contribution in [2.45, 2.75) is 46.2 Å². The molecule has 0 unspecified atom stereocenters. The maximum atomic E-state index is 4.73. The van der Waals surface area contributed by atoms with E-state index in [9.17, 15) is 0 Å². The first kappa shape index (κ1) is 15.1. The number of rotatable bonds is 3. The molecule has 5 heteroatoms. The predicted molar refractivity (Wildman–Crippen MR) is 96.3 cm³/mol. The van der Waals surface area contributed by atoms with Crippen LogP contribution in [0.5, 0.6) is 0 Å². The van der Waals surface area contributed by atoms with E-state index in [0.29, 0.717) is 5.92 Å². The van der Waals surface area contributed by atoms with Crippen molar-refractivity contribution < 1.29 is 0 Å². The molecule has 0 atom stereocenters. The first-order valence-electron chi connectivity index (χ1n) is 8.70. The van der Waals surface area contributed by atoms with Gasteiger partial charge in [-0.15, -0.1) is 10.2 Å². The zero-order valence-electron chi connectivity index (χ0n) is 14.5. The molecule has 3 aromatic rings. The highest BCUT2D eigenvalue weighted by Gasteiger charge is 2.21. The van der Waals surface area contributed by atoms with Crippen molar-refractivity contribution in [3.05, 3.63) is 47.7 Å². The van der Waals surface area contributed by atoms with Gasteiger partial charge < -0.3 is 9.47 Å². The average molecular weight is 321 g/mol. The smallest absolute Gasteiger partial charge is 0.152 e. The molecule has 0 saturated carbocycles. The van der Waals surface area contributed by atoms with Crippen LogP contribution in [0, 0.1) is 0 Å². The van der Waals surface area contributed by atoms with Crippen LogP contribution in [0.3, 0.4) is 0 Å². The van der Waals surface area contributed by atoms with Crippen molar-refractivity contribution >= 4 is 16.6 Å². The van der Waals surface area contributed by atoms with Gasteiger partial charge in [0.1, 0.15) is 6.33 Å². The molecule has 0 amide bonds. The molecule has 0 aliphatic carbocycles. The second kappa shape index (κ2) is 5.89. The van der Waals surface area contributed by atoms with E-state index in [0.717, 1.165) is 37.4 Å². The lowest BCUT2D eigenvalue weighted by Crippen LogP contribution is -2.33. The van der Waals surface area contributed by atoms with E-state index in [4.69, 9.17) is 4.98 Å². The van der Waals surface area contributed by atoms with Gasteiger partial charge in [-0.25, -0.2) is 0 Å². The summed E-state index contributed by atoms with van der Waals surface area (Å²) in [5.41, 5.74) is 5.06. The molecule has 0 radical (unpaired) electrons. The summed E-state index contributed by atoms with van der Waals surface area (Å²) in [7, 11) is 0. The van der Waals surface area contributed by atoms with Crippen LogP contribution in [-0.2, 0) is 19.5 Å². The molecular formula is C19H23N5. The van der Waals surface area contributed by atoms with E-state index in [1.807, 2.05) is 12.5 Å². The predicted octanol–water partition coefficient (Wildman–Crippen LogP) is 3.53. The van der Waals surface area contributed by atoms with Crippen LogP contribution in [0.25, 0.3) is 10.9 Å². The largest absolute Gasteiger partial charge is 0.360 e. The first-order chi connectivity index (χ1) is 11.7. The fourth-order valence-electron chi connectivity index (χ4n) is 3.54. The summed E-state index contributed by atoms with van der Waals surface area (Å²) >= 11 is 0. The number of aryl methyl sites for hydroxylation is 1. The third-order valence-corrected chi connectivity index (χ3v) is 4.93. The number of nitrogens with zero attached hydrogens (tertiary/aromatic N) is 5. The molecule has 0 fully saturated rings. The Bertz CT molecular complexity index is 881. The molecule has 0 N–H and O–H groups in total. The van der Waals surface area contributed by atoms with E-state index < -0.39 is 0 Å². The van der Waals surface area contributed by atoms with Crippen LogP contribution in [0.2, 0.25) is 0 Å². The lowest BCUT2D eigenvalue weighted by atomic mass is 9.96. The molecule has 0 spiro atoms. The van der Waals surface area contributed by atoms with E-state index >= 15 is 0 Å². The SMILES string of the molecule is CCc1cc(N2CCn3cnnc3C2)c2nccc(C(C)C)c2c1. The van der Waals surface area contributed by atoms with Gasteiger partial charge in [0.25, 0.3) is 0 Å². The van der Waals surface area contributed by atoms with Crippen molar-refractivity contribution in [2.75, 3.05) is 11.4 Å². The van der Waals surface area contributed by atoms with Gasteiger partial charge in [0.15, 0.2) is 5.82 Å². The Morgan fingerprint density at radius 2 is 2.08 bits per heavy atom. The Morgan fingerprint density at radius 3 is 2.88 bits per heavy atom. The van der Waals surface area contributed by atoms with E-state index in [1.54, 1.807) is 0 Å². The molecule has 4 rings (SSSR count). The fourth-order valence-corrected chi connectivity index (χ4v) is 3.54. The number of anilines is 1. The lowest BCUT2D eigenvalue weighted by Gasteiger charge is -2.30. The number of pyridine rings is 1. The molecule has 5 nitrogen and oxygen atoms in total. The van der Waals surface area contributed by atoms with Gasteiger partial charge in [-0.05, 0) is 41.7 Å². The minimum absolute atomic E-state index is 0.486. The summed E-state index contributed by atoms with van der Waals surface area (Å²) < 4.78 is 2.13. The summed E-state index contributed by atoms with van der Waals surface area (Å²) in [5.74, 6) is 1.51. The molecule has 1 aliphatic heterocycles. The molecule has 1 aromatic carbocycles. The highest BCUT2D eigenvalue weighted by molar-refractivity contribution is 5.94. The number of hydrogen-bond donors (Lipinski definition) is 0. The van der Waals surface area contributed by atoms with Gasteiger partial charge in [-0.1, -0.05) is 20.8 Å². The summed E-state index contributed by atoms with van der Waals surface area (Å²) in [5, 5.41) is 9.57. The Hall–Kier alpha value is -2.43. The van der Waals surface area contributed by atoms with Crippen LogP contribution < -0.4 is 4.90 Å². The molecule has 0 saturated heterocycles. The number of aromatic nitrogens is 4. The molecule has 1 aliphatic rings. The number of fused-ring (bicyclic) bond motifs is 2. The number of benzene rings is 1. The van der Waals surface area contributed by atoms with Crippen molar-refractivity contribution in [2.24, 2.45) is 0 Å². The quantitative estimate of drug-likeness (QED) is 0.740. The Labute approximate surface area is 142 Å². The molecule has 3 heterocycles. The zero-order valence-corrected chi connectivity index (χ0v) is 14.5. The van der Waals surface area contributed by atoms with Gasteiger partial charge in [-0.2, -0.15) is 0 Å². The standard InChI is InChI=1S/C19H23N5/c1-4-14-9-16-15(13(2)3)5-6-20-19(16)17(10-14)23-7-8-24-12-21-22-18(24)11-23/h5-6,9-10,12-13H,4,7-8,11H2,1-3H3. The van der Waals surface area contributed by atoms with Crippen molar-refractivity contribution in [1.82, 2.24) is 19.7 Å². The molecule has 0 bridgehead atoms. The third kappa shape index (κ3) is 2.44. The summed E-state index contributed by atoms with van der Waals surface area (Å²) in [6.45, 7) is 9.37. The van der Waals surface area contributed by atoms with E-state index in [1.165, 1.54) is 22.2 Å². The fraction of sp³-hybridized carbons (Fsp3) is 0.421.